The molecule has 0 amide bonds. The van der Waals surface area contributed by atoms with E-state index in [9.17, 15) is 0 Å². The molecule has 0 atom stereocenters. The van der Waals surface area contributed by atoms with E-state index in [0.717, 1.165) is 27.0 Å². The zero-order valence-corrected chi connectivity index (χ0v) is 13.9. The van der Waals surface area contributed by atoms with Crippen LogP contribution in [0.25, 0.3) is 16.7 Å². The van der Waals surface area contributed by atoms with Crippen LogP contribution in [0.4, 0.5) is 0 Å². The molecule has 0 radical (unpaired) electrons. The molecule has 0 fully saturated rings. The average molecular weight is 390 g/mol. The number of rotatable bonds is 2. The Morgan fingerprint density at radius 3 is 2.60 bits per heavy atom. The van der Waals surface area contributed by atoms with E-state index in [4.69, 9.17) is 34.8 Å². The van der Waals surface area contributed by atoms with Crippen molar-refractivity contribution in [1.29, 1.82) is 0 Å². The summed E-state index contributed by atoms with van der Waals surface area (Å²) in [6, 6.07) is 11.2. The lowest BCUT2D eigenvalue weighted by molar-refractivity contribution is 0.982. The molecule has 0 bridgehead atoms. The fraction of sp³-hybridized carbons (Fsp3) is 0.0714. The first-order chi connectivity index (χ1) is 9.60. The molecule has 0 aliphatic carbocycles. The van der Waals surface area contributed by atoms with Crippen molar-refractivity contribution in [2.75, 3.05) is 0 Å². The molecule has 0 saturated heterocycles. The van der Waals surface area contributed by atoms with Gasteiger partial charge in [-0.15, -0.1) is 11.6 Å². The monoisotopic (exact) mass is 388 g/mol. The van der Waals surface area contributed by atoms with Gasteiger partial charge >= 0.3 is 0 Å². The maximum atomic E-state index is 6.34. The highest BCUT2D eigenvalue weighted by Crippen LogP contribution is 2.30. The molecule has 0 aliphatic rings. The fourth-order valence-electron chi connectivity index (χ4n) is 2.12. The second kappa shape index (κ2) is 5.57. The summed E-state index contributed by atoms with van der Waals surface area (Å²) in [6.07, 6.45) is 0. The van der Waals surface area contributed by atoms with Gasteiger partial charge in [0.1, 0.15) is 5.82 Å². The predicted octanol–water partition coefficient (Wildman–Crippen LogP) is 5.83. The van der Waals surface area contributed by atoms with E-state index in [1.807, 2.05) is 41.0 Å². The maximum absolute atomic E-state index is 6.34. The van der Waals surface area contributed by atoms with Crippen molar-refractivity contribution in [3.8, 4) is 5.69 Å². The van der Waals surface area contributed by atoms with Gasteiger partial charge in [0.25, 0.3) is 0 Å². The molecular formula is C14H8BrCl3N2. The molecule has 2 nitrogen and oxygen atoms in total. The molecule has 6 heteroatoms. The number of halogens is 4. The molecule has 0 aliphatic heterocycles. The molecule has 20 heavy (non-hydrogen) atoms. The first kappa shape index (κ1) is 14.2. The smallest absolute Gasteiger partial charge is 0.129 e. The highest BCUT2D eigenvalue weighted by Gasteiger charge is 2.14. The Labute approximate surface area is 139 Å². The summed E-state index contributed by atoms with van der Waals surface area (Å²) in [5.41, 5.74) is 2.55. The van der Waals surface area contributed by atoms with Crippen molar-refractivity contribution >= 4 is 61.8 Å². The molecule has 102 valence electrons. The molecule has 0 N–H and O–H groups in total. The van der Waals surface area contributed by atoms with Crippen LogP contribution in [0.15, 0.2) is 40.9 Å². The van der Waals surface area contributed by atoms with Gasteiger partial charge in [-0.2, -0.15) is 0 Å². The molecule has 1 aromatic heterocycles. The standard InChI is InChI=1S/C14H8BrCl3N2/c15-8-1-4-12(10(18)5-8)20-13-6-9(17)2-3-11(13)19-14(20)7-16/h1-6H,7H2. The van der Waals surface area contributed by atoms with Crippen LogP contribution >= 0.6 is 50.7 Å². The molecule has 0 spiro atoms. The normalized spacial score (nSPS) is 11.2. The molecular weight excluding hydrogens is 382 g/mol. The Bertz CT molecular complexity index is 798. The third kappa shape index (κ3) is 2.44. The van der Waals surface area contributed by atoms with E-state index in [-0.39, 0.29) is 0 Å². The topological polar surface area (TPSA) is 17.8 Å². The van der Waals surface area contributed by atoms with Crippen LogP contribution in [-0.2, 0) is 5.88 Å². The Morgan fingerprint density at radius 1 is 1.10 bits per heavy atom. The highest BCUT2D eigenvalue weighted by molar-refractivity contribution is 9.10. The first-order valence-electron chi connectivity index (χ1n) is 5.78. The zero-order valence-electron chi connectivity index (χ0n) is 10.1. The van der Waals surface area contributed by atoms with Gasteiger partial charge in [-0.1, -0.05) is 39.1 Å². The van der Waals surface area contributed by atoms with Crippen LogP contribution < -0.4 is 0 Å². The van der Waals surface area contributed by atoms with Crippen molar-refractivity contribution in [3.05, 3.63) is 56.7 Å². The Balaban J connectivity index is 2.36. The fourth-order valence-corrected chi connectivity index (χ4v) is 3.22. The first-order valence-corrected chi connectivity index (χ1v) is 7.87. The van der Waals surface area contributed by atoms with Gasteiger partial charge in [0.05, 0.1) is 27.6 Å². The van der Waals surface area contributed by atoms with Crippen molar-refractivity contribution < 1.29 is 0 Å². The van der Waals surface area contributed by atoms with Gasteiger partial charge in [0.2, 0.25) is 0 Å². The van der Waals surface area contributed by atoms with Crippen LogP contribution in [0.2, 0.25) is 10.0 Å². The summed E-state index contributed by atoms with van der Waals surface area (Å²) >= 11 is 21.8. The third-order valence-electron chi connectivity index (χ3n) is 2.96. The largest absolute Gasteiger partial charge is 0.294 e. The van der Waals surface area contributed by atoms with Gasteiger partial charge in [-0.05, 0) is 36.4 Å². The lowest BCUT2D eigenvalue weighted by Crippen LogP contribution is -2.00. The average Bonchev–Trinajstić information content (AvgIpc) is 2.76. The van der Waals surface area contributed by atoms with E-state index >= 15 is 0 Å². The number of hydrogen-bond donors (Lipinski definition) is 0. The van der Waals surface area contributed by atoms with Crippen LogP contribution in [0.1, 0.15) is 5.82 Å². The second-order valence-corrected chi connectivity index (χ2v) is 6.25. The minimum absolute atomic E-state index is 0.290. The summed E-state index contributed by atoms with van der Waals surface area (Å²) in [6.45, 7) is 0. The molecule has 1 heterocycles. The Hall–Kier alpha value is -0.740. The summed E-state index contributed by atoms with van der Waals surface area (Å²) in [5.74, 6) is 1.02. The number of nitrogens with zero attached hydrogens (tertiary/aromatic N) is 2. The molecule has 3 rings (SSSR count). The van der Waals surface area contributed by atoms with E-state index in [0.29, 0.717) is 15.9 Å². The maximum Gasteiger partial charge on any atom is 0.129 e. The minimum atomic E-state index is 0.290. The number of hydrogen-bond acceptors (Lipinski definition) is 1. The van der Waals surface area contributed by atoms with Crippen LogP contribution in [0.5, 0.6) is 0 Å². The number of fused-ring (bicyclic) bond motifs is 1. The second-order valence-electron chi connectivity index (χ2n) is 4.23. The van der Waals surface area contributed by atoms with Crippen LogP contribution in [0, 0.1) is 0 Å². The minimum Gasteiger partial charge on any atom is -0.294 e. The summed E-state index contributed by atoms with van der Waals surface area (Å²) in [7, 11) is 0. The van der Waals surface area contributed by atoms with Gasteiger partial charge < -0.3 is 0 Å². The van der Waals surface area contributed by atoms with Crippen molar-refractivity contribution in [2.45, 2.75) is 5.88 Å². The van der Waals surface area contributed by atoms with Crippen molar-refractivity contribution in [3.63, 3.8) is 0 Å². The molecule has 0 saturated carbocycles. The summed E-state index contributed by atoms with van der Waals surface area (Å²) < 4.78 is 2.85. The van der Waals surface area contributed by atoms with Gasteiger partial charge in [-0.25, -0.2) is 4.98 Å². The van der Waals surface area contributed by atoms with Crippen molar-refractivity contribution in [1.82, 2.24) is 9.55 Å². The quantitative estimate of drug-likeness (QED) is 0.503. The lowest BCUT2D eigenvalue weighted by atomic mass is 10.2. The number of alkyl halides is 1. The summed E-state index contributed by atoms with van der Waals surface area (Å²) in [4.78, 5) is 4.51. The SMILES string of the molecule is ClCc1nc2ccc(Cl)cc2n1-c1ccc(Br)cc1Cl. The van der Waals surface area contributed by atoms with Gasteiger partial charge in [0, 0.05) is 9.50 Å². The van der Waals surface area contributed by atoms with E-state index in [2.05, 4.69) is 20.9 Å². The van der Waals surface area contributed by atoms with E-state index in [1.165, 1.54) is 0 Å². The Kier molecular flexibility index (Phi) is 3.95. The third-order valence-corrected chi connectivity index (χ3v) is 4.23. The van der Waals surface area contributed by atoms with E-state index in [1.54, 1.807) is 0 Å². The van der Waals surface area contributed by atoms with Gasteiger partial charge in [-0.3, -0.25) is 4.57 Å². The molecule has 2 aromatic carbocycles. The van der Waals surface area contributed by atoms with Crippen molar-refractivity contribution in [2.24, 2.45) is 0 Å². The lowest BCUT2D eigenvalue weighted by Gasteiger charge is -2.10. The van der Waals surface area contributed by atoms with E-state index < -0.39 is 0 Å². The molecule has 3 aromatic rings. The molecule has 0 unspecified atom stereocenters. The number of aromatic nitrogens is 2. The zero-order chi connectivity index (χ0) is 14.3. The highest BCUT2D eigenvalue weighted by atomic mass is 79.9. The van der Waals surface area contributed by atoms with Gasteiger partial charge in [0.15, 0.2) is 0 Å². The van der Waals surface area contributed by atoms with Crippen LogP contribution in [0.3, 0.4) is 0 Å². The Morgan fingerprint density at radius 2 is 1.90 bits per heavy atom. The van der Waals surface area contributed by atoms with Crippen LogP contribution in [-0.4, -0.2) is 9.55 Å². The number of benzene rings is 2. The number of imidazole rings is 1. The summed E-state index contributed by atoms with van der Waals surface area (Å²) in [5, 5.41) is 1.26. The predicted molar refractivity (Wildman–Crippen MR) is 88.3 cm³/mol.